The van der Waals surface area contributed by atoms with Crippen LogP contribution in [0.15, 0.2) is 199 Å². The van der Waals surface area contributed by atoms with Crippen molar-refractivity contribution >= 4 is 55.0 Å². The Morgan fingerprint density at radius 1 is 0.394 bits per heavy atom. The Morgan fingerprint density at radius 3 is 1.07 bits per heavy atom. The number of rotatable bonds is 5. The SMILES string of the molecule is C.C.C.CC.CC.CC.CC.CC(C)(C)C(=O)c1ccccc1.Cc1ccc2sc3ccccc3c(=O)c2c1.O=C(OOC(=O)c1ccccc1)c1ccccc1.O=C(c1ccccc1)c1ccccc1. The summed E-state index contributed by atoms with van der Waals surface area (Å²) in [6, 6.07) is 58.4. The maximum Gasteiger partial charge on any atom is 0.386 e. The minimum Gasteiger partial charge on any atom is -0.294 e. The first-order valence-electron chi connectivity index (χ1n) is 23.1. The molecule has 0 fully saturated rings. The molecule has 8 heteroatoms. The Balaban J connectivity index is -0.000000823. The van der Waals surface area contributed by atoms with Crippen molar-refractivity contribution in [1.29, 1.82) is 0 Å². The molecule has 0 saturated heterocycles. The van der Waals surface area contributed by atoms with Crippen molar-refractivity contribution in [1.82, 2.24) is 0 Å². The van der Waals surface area contributed by atoms with Gasteiger partial charge in [0.15, 0.2) is 17.0 Å². The normalized spacial score (nSPS) is 9.07. The summed E-state index contributed by atoms with van der Waals surface area (Å²) in [5.74, 6) is -1.14. The molecule has 7 aromatic carbocycles. The lowest BCUT2D eigenvalue weighted by Gasteiger charge is -2.16. The number of carbonyl (C=O) groups is 4. The molecule has 0 amide bonds. The number of fused-ring (bicyclic) bond motifs is 2. The van der Waals surface area contributed by atoms with Gasteiger partial charge >= 0.3 is 11.9 Å². The fourth-order valence-corrected chi connectivity index (χ4v) is 6.66. The van der Waals surface area contributed by atoms with E-state index in [-0.39, 0.29) is 44.7 Å². The van der Waals surface area contributed by atoms with Gasteiger partial charge in [0.25, 0.3) is 0 Å². The molecule has 1 aromatic heterocycles. The van der Waals surface area contributed by atoms with Crippen LogP contribution in [0.1, 0.15) is 151 Å². The number of Topliss-reactive ketones (excluding diaryl/α,β-unsaturated/α-hetero) is 1. The van der Waals surface area contributed by atoms with E-state index in [0.717, 1.165) is 42.4 Å². The van der Waals surface area contributed by atoms with Gasteiger partial charge in [0.2, 0.25) is 0 Å². The van der Waals surface area contributed by atoms with Gasteiger partial charge in [0, 0.05) is 42.3 Å². The Morgan fingerprint density at radius 2 is 0.704 bits per heavy atom. The summed E-state index contributed by atoms with van der Waals surface area (Å²) in [5.41, 5.74) is 3.90. The average molecular weight is 981 g/mol. The molecule has 0 spiro atoms. The topological polar surface area (TPSA) is 104 Å². The minimum atomic E-state index is -0.708. The summed E-state index contributed by atoms with van der Waals surface area (Å²) in [6.07, 6.45) is 0. The maximum absolute atomic E-state index is 12.2. The van der Waals surface area contributed by atoms with Crippen molar-refractivity contribution < 1.29 is 29.0 Å². The standard InChI is InChI=1S/C14H10O4.C14H10OS.C13H10O.C11H14O.4C2H6.3CH4/c15-13(11-7-3-1-4-8-11)17-18-14(16)12-9-5-2-6-10-12;1-9-6-7-13-11(8-9)14(15)10-4-2-3-5-12(10)16-13;14-13(11-7-3-1-4-8-11)12-9-5-2-6-10-12;1-11(2,3)10(12)9-7-5-4-6-8-9;4*1-2;;;/h1-10H;2-8H,1H3;1-10H;4-8H,1-3H3;4*1-2H3;3*1H4. The molecular weight excluding hydrogens is 901 g/mol. The average Bonchev–Trinajstić information content (AvgIpc) is 3.41. The molecule has 0 radical (unpaired) electrons. The summed E-state index contributed by atoms with van der Waals surface area (Å²) in [5, 5.41) is 1.66. The van der Waals surface area contributed by atoms with Crippen LogP contribution in [0.25, 0.3) is 20.2 Å². The first-order chi connectivity index (χ1) is 32.9. The van der Waals surface area contributed by atoms with Crippen LogP contribution in [-0.2, 0) is 9.78 Å². The second-order valence-electron chi connectivity index (χ2n) is 14.4. The van der Waals surface area contributed by atoms with Gasteiger partial charge in [0.05, 0.1) is 11.1 Å². The van der Waals surface area contributed by atoms with E-state index in [1.165, 1.54) is 0 Å². The third-order valence-corrected chi connectivity index (χ3v) is 9.88. The molecule has 0 aliphatic carbocycles. The van der Waals surface area contributed by atoms with E-state index in [1.54, 1.807) is 72.0 Å². The molecule has 8 aromatic rings. The quantitative estimate of drug-likeness (QED) is 0.0732. The second-order valence-corrected chi connectivity index (χ2v) is 15.5. The molecule has 8 rings (SSSR count). The largest absolute Gasteiger partial charge is 0.386 e. The molecule has 0 atom stereocenters. The summed E-state index contributed by atoms with van der Waals surface area (Å²) >= 11 is 1.67. The highest BCUT2D eigenvalue weighted by Crippen LogP contribution is 2.25. The summed E-state index contributed by atoms with van der Waals surface area (Å²) in [4.78, 5) is 67.6. The molecule has 0 aliphatic heterocycles. The molecule has 0 N–H and O–H groups in total. The molecule has 0 bridgehead atoms. The van der Waals surface area contributed by atoms with Gasteiger partial charge in [-0.05, 0) is 55.5 Å². The Bertz CT molecular complexity index is 2620. The van der Waals surface area contributed by atoms with E-state index in [1.807, 2.05) is 217 Å². The first kappa shape index (κ1) is 68.0. The minimum absolute atomic E-state index is 0. The zero-order valence-electron chi connectivity index (χ0n) is 41.7. The molecule has 1 heterocycles. The van der Waals surface area contributed by atoms with Crippen LogP contribution >= 0.6 is 11.3 Å². The van der Waals surface area contributed by atoms with E-state index in [4.69, 9.17) is 0 Å². The predicted molar refractivity (Wildman–Crippen MR) is 306 cm³/mol. The van der Waals surface area contributed by atoms with Gasteiger partial charge in [0.1, 0.15) is 0 Å². The van der Waals surface area contributed by atoms with Crippen molar-refractivity contribution in [3.8, 4) is 0 Å². The van der Waals surface area contributed by atoms with Gasteiger partial charge in [-0.25, -0.2) is 19.4 Å². The van der Waals surface area contributed by atoms with Crippen LogP contribution in [0.5, 0.6) is 0 Å². The van der Waals surface area contributed by atoms with E-state index in [9.17, 15) is 24.0 Å². The summed E-state index contributed by atoms with van der Waals surface area (Å²) in [7, 11) is 0. The zero-order chi connectivity index (χ0) is 50.9. The van der Waals surface area contributed by atoms with E-state index < -0.39 is 11.9 Å². The van der Waals surface area contributed by atoms with Crippen molar-refractivity contribution in [2.45, 2.75) is 105 Å². The Kier molecular flexibility index (Phi) is 36.9. The zero-order valence-corrected chi connectivity index (χ0v) is 42.6. The van der Waals surface area contributed by atoms with E-state index in [2.05, 4.69) is 9.78 Å². The van der Waals surface area contributed by atoms with Crippen LogP contribution < -0.4 is 5.43 Å². The van der Waals surface area contributed by atoms with Gasteiger partial charge < -0.3 is 0 Å². The van der Waals surface area contributed by atoms with Gasteiger partial charge in [-0.3, -0.25) is 14.4 Å². The van der Waals surface area contributed by atoms with E-state index in [0.29, 0.717) is 11.1 Å². The fourth-order valence-electron chi connectivity index (χ4n) is 5.61. The summed E-state index contributed by atoms with van der Waals surface area (Å²) in [6.45, 7) is 23.8. The third kappa shape index (κ3) is 23.2. The lowest BCUT2D eigenvalue weighted by Crippen LogP contribution is -2.19. The molecule has 71 heavy (non-hydrogen) atoms. The molecular formula is C63H80O7S. The van der Waals surface area contributed by atoms with Crippen LogP contribution in [0.3, 0.4) is 0 Å². The van der Waals surface area contributed by atoms with Crippen molar-refractivity contribution in [3.05, 3.63) is 238 Å². The smallest absolute Gasteiger partial charge is 0.294 e. The number of hydrogen-bond acceptors (Lipinski definition) is 8. The second kappa shape index (κ2) is 38.5. The third-order valence-electron chi connectivity index (χ3n) is 8.73. The highest BCUT2D eigenvalue weighted by Gasteiger charge is 2.22. The summed E-state index contributed by atoms with van der Waals surface area (Å²) < 4.78 is 2.12. The van der Waals surface area contributed by atoms with Crippen molar-refractivity contribution in [2.75, 3.05) is 0 Å². The van der Waals surface area contributed by atoms with Crippen LogP contribution in [0.4, 0.5) is 0 Å². The van der Waals surface area contributed by atoms with E-state index >= 15 is 0 Å². The Labute approximate surface area is 430 Å². The fraction of sp³-hybridized carbons (Fsp3) is 0.254. The molecule has 0 aliphatic rings. The lowest BCUT2D eigenvalue weighted by molar-refractivity contribution is -0.187. The van der Waals surface area contributed by atoms with Crippen LogP contribution in [0, 0.1) is 12.3 Å². The van der Waals surface area contributed by atoms with Crippen LogP contribution in [-0.4, -0.2) is 23.5 Å². The first-order valence-corrected chi connectivity index (χ1v) is 23.9. The molecule has 7 nitrogen and oxygen atoms in total. The number of aryl methyl sites for hydroxylation is 1. The number of ketones is 2. The number of carbonyl (C=O) groups excluding carboxylic acids is 4. The van der Waals surface area contributed by atoms with Gasteiger partial charge in [-0.15, -0.1) is 11.3 Å². The monoisotopic (exact) mass is 981 g/mol. The lowest BCUT2D eigenvalue weighted by atomic mass is 9.87. The highest BCUT2D eigenvalue weighted by atomic mass is 32.1. The van der Waals surface area contributed by atoms with Crippen molar-refractivity contribution in [2.24, 2.45) is 5.41 Å². The maximum atomic E-state index is 12.2. The van der Waals surface area contributed by atoms with Crippen LogP contribution in [0.2, 0.25) is 0 Å². The number of hydrogen-bond donors (Lipinski definition) is 0. The van der Waals surface area contributed by atoms with Gasteiger partial charge in [-0.2, -0.15) is 0 Å². The van der Waals surface area contributed by atoms with Gasteiger partial charge in [-0.1, -0.05) is 250 Å². The van der Waals surface area contributed by atoms with Crippen molar-refractivity contribution in [3.63, 3.8) is 0 Å². The number of benzene rings is 7. The highest BCUT2D eigenvalue weighted by molar-refractivity contribution is 7.24. The molecule has 0 unspecified atom stereocenters. The predicted octanol–water partition coefficient (Wildman–Crippen LogP) is 18.2. The Hall–Kier alpha value is -7.29. The molecule has 380 valence electrons. The molecule has 0 saturated carbocycles.